The van der Waals surface area contributed by atoms with Crippen molar-refractivity contribution in [1.82, 2.24) is 0 Å². The number of fused-ring (bicyclic) bond motifs is 2. The number of methoxy groups -OCH3 is 2. The van der Waals surface area contributed by atoms with Gasteiger partial charge in [-0.1, -0.05) is 6.08 Å². The Balaban J connectivity index is 2.20. The molecule has 3 unspecified atom stereocenters. The second kappa shape index (κ2) is 5.26. The molecule has 19 heavy (non-hydrogen) atoms. The highest BCUT2D eigenvalue weighted by Crippen LogP contribution is 2.38. The molecule has 0 aromatic rings. The van der Waals surface area contributed by atoms with Gasteiger partial charge in [0.2, 0.25) is 0 Å². The molecule has 0 spiro atoms. The smallest absolute Gasteiger partial charge is 0.330 e. The van der Waals surface area contributed by atoms with Gasteiger partial charge in [-0.15, -0.1) is 0 Å². The maximum absolute atomic E-state index is 11.6. The standard InChI is InChI=1S/C13H14O6/c1-17-11(14)4-3-7-5-8-9(12(15)18-2)6-10(7)19-13(8)16/h3-5,8-10H,6H2,1-2H3/b4-3-. The molecular weight excluding hydrogens is 252 g/mol. The third-order valence-electron chi connectivity index (χ3n) is 3.29. The molecule has 2 aliphatic heterocycles. The van der Waals surface area contributed by atoms with Crippen molar-refractivity contribution in [3.63, 3.8) is 0 Å². The van der Waals surface area contributed by atoms with Gasteiger partial charge >= 0.3 is 17.9 Å². The highest BCUT2D eigenvalue weighted by atomic mass is 16.6. The molecule has 2 bridgehead atoms. The molecule has 0 amide bonds. The van der Waals surface area contributed by atoms with Crippen molar-refractivity contribution >= 4 is 17.9 Å². The topological polar surface area (TPSA) is 78.9 Å². The van der Waals surface area contributed by atoms with Crippen LogP contribution in [0.2, 0.25) is 0 Å². The molecule has 1 aliphatic carbocycles. The molecule has 102 valence electrons. The van der Waals surface area contributed by atoms with Gasteiger partial charge in [0.25, 0.3) is 0 Å². The quantitative estimate of drug-likeness (QED) is 0.417. The van der Waals surface area contributed by atoms with Crippen molar-refractivity contribution < 1.29 is 28.6 Å². The minimum atomic E-state index is -0.644. The molecule has 0 radical (unpaired) electrons. The zero-order chi connectivity index (χ0) is 14.0. The fourth-order valence-corrected chi connectivity index (χ4v) is 2.30. The van der Waals surface area contributed by atoms with Gasteiger partial charge in [-0.2, -0.15) is 0 Å². The largest absolute Gasteiger partial charge is 0.469 e. The van der Waals surface area contributed by atoms with Gasteiger partial charge in [-0.25, -0.2) is 4.79 Å². The zero-order valence-corrected chi connectivity index (χ0v) is 10.6. The Morgan fingerprint density at radius 2 is 2.11 bits per heavy atom. The average molecular weight is 266 g/mol. The van der Waals surface area contributed by atoms with Crippen molar-refractivity contribution in [3.05, 3.63) is 23.8 Å². The summed E-state index contributed by atoms with van der Waals surface area (Å²) in [6.07, 6.45) is 4.32. The Bertz CT molecular complexity index is 476. The number of hydrogen-bond donors (Lipinski definition) is 0. The van der Waals surface area contributed by atoms with E-state index in [0.29, 0.717) is 12.0 Å². The fourth-order valence-electron chi connectivity index (χ4n) is 2.30. The second-order valence-corrected chi connectivity index (χ2v) is 4.34. The second-order valence-electron chi connectivity index (χ2n) is 4.34. The highest BCUT2D eigenvalue weighted by molar-refractivity contribution is 5.87. The molecule has 3 atom stereocenters. The lowest BCUT2D eigenvalue weighted by Gasteiger charge is -2.37. The van der Waals surface area contributed by atoms with Crippen LogP contribution in [-0.2, 0) is 28.6 Å². The van der Waals surface area contributed by atoms with Crippen LogP contribution in [-0.4, -0.2) is 38.2 Å². The SMILES string of the molecule is COC(=O)/C=C\C1=CC2C(=O)OC1CC2C(=O)OC. The lowest BCUT2D eigenvalue weighted by atomic mass is 9.76. The van der Waals surface area contributed by atoms with Gasteiger partial charge in [0.15, 0.2) is 0 Å². The first-order valence-corrected chi connectivity index (χ1v) is 5.83. The van der Waals surface area contributed by atoms with E-state index in [4.69, 9.17) is 4.74 Å². The molecule has 3 rings (SSSR count). The van der Waals surface area contributed by atoms with Gasteiger partial charge in [0.1, 0.15) is 6.10 Å². The summed E-state index contributed by atoms with van der Waals surface area (Å²) >= 11 is 0. The first kappa shape index (κ1) is 13.3. The lowest BCUT2D eigenvalue weighted by Crippen LogP contribution is -2.45. The van der Waals surface area contributed by atoms with E-state index in [-0.39, 0.29) is 0 Å². The number of ether oxygens (including phenoxy) is 3. The van der Waals surface area contributed by atoms with Crippen LogP contribution in [0, 0.1) is 11.8 Å². The van der Waals surface area contributed by atoms with Crippen molar-refractivity contribution in [2.24, 2.45) is 11.8 Å². The summed E-state index contributed by atoms with van der Waals surface area (Å²) in [5, 5.41) is 0. The molecule has 0 aromatic heterocycles. The summed E-state index contributed by atoms with van der Waals surface area (Å²) in [5.74, 6) is -2.49. The molecule has 3 aliphatic rings. The number of rotatable bonds is 3. The average Bonchev–Trinajstić information content (AvgIpc) is 2.44. The summed E-state index contributed by atoms with van der Waals surface area (Å²) in [7, 11) is 2.57. The predicted octanol–water partition coefficient (Wildman–Crippen LogP) is 0.376. The van der Waals surface area contributed by atoms with Gasteiger partial charge in [0, 0.05) is 12.5 Å². The van der Waals surface area contributed by atoms with Crippen molar-refractivity contribution in [1.29, 1.82) is 0 Å². The number of carbonyl (C=O) groups excluding carboxylic acids is 3. The van der Waals surface area contributed by atoms with Gasteiger partial charge in [-0.3, -0.25) is 9.59 Å². The summed E-state index contributed by atoms with van der Waals surface area (Å²) < 4.78 is 14.3. The van der Waals surface area contributed by atoms with Crippen LogP contribution in [0.25, 0.3) is 0 Å². The molecule has 1 fully saturated rings. The van der Waals surface area contributed by atoms with Crippen molar-refractivity contribution in [2.45, 2.75) is 12.5 Å². The zero-order valence-electron chi connectivity index (χ0n) is 10.6. The summed E-state index contributed by atoms with van der Waals surface area (Å²) in [6, 6.07) is 0. The van der Waals surface area contributed by atoms with Crippen LogP contribution < -0.4 is 0 Å². The van der Waals surface area contributed by atoms with E-state index >= 15 is 0 Å². The number of carbonyl (C=O) groups is 3. The first-order chi connectivity index (χ1) is 9.06. The molecule has 6 heteroatoms. The van der Waals surface area contributed by atoms with Crippen molar-refractivity contribution in [2.75, 3.05) is 14.2 Å². The van der Waals surface area contributed by atoms with Crippen molar-refractivity contribution in [3.8, 4) is 0 Å². The van der Waals surface area contributed by atoms with Gasteiger partial charge < -0.3 is 14.2 Å². The number of esters is 3. The van der Waals surface area contributed by atoms with Crippen LogP contribution in [0.1, 0.15) is 6.42 Å². The summed E-state index contributed by atoms with van der Waals surface area (Å²) in [5.41, 5.74) is 0.704. The fraction of sp³-hybridized carbons (Fsp3) is 0.462. The first-order valence-electron chi connectivity index (χ1n) is 5.83. The maximum atomic E-state index is 11.6. The Morgan fingerprint density at radius 3 is 2.68 bits per heavy atom. The van der Waals surface area contributed by atoms with E-state index < -0.39 is 35.8 Å². The van der Waals surface area contributed by atoms with Crippen LogP contribution in [0.3, 0.4) is 0 Å². The van der Waals surface area contributed by atoms with E-state index in [2.05, 4.69) is 9.47 Å². The predicted molar refractivity (Wildman–Crippen MR) is 62.7 cm³/mol. The molecule has 0 aromatic carbocycles. The van der Waals surface area contributed by atoms with Gasteiger partial charge in [-0.05, 0) is 11.6 Å². The van der Waals surface area contributed by atoms with E-state index in [1.807, 2.05) is 0 Å². The Kier molecular flexibility index (Phi) is 3.69. The molecule has 0 saturated carbocycles. The minimum Gasteiger partial charge on any atom is -0.469 e. The van der Waals surface area contributed by atoms with E-state index in [1.54, 1.807) is 12.2 Å². The lowest BCUT2D eigenvalue weighted by molar-refractivity contribution is -0.170. The third-order valence-corrected chi connectivity index (χ3v) is 3.29. The normalized spacial score (nSPS) is 28.8. The molecular formula is C13H14O6. The van der Waals surface area contributed by atoms with E-state index in [1.165, 1.54) is 20.3 Å². The Morgan fingerprint density at radius 1 is 1.37 bits per heavy atom. The van der Waals surface area contributed by atoms with Crippen LogP contribution in [0.15, 0.2) is 23.8 Å². The van der Waals surface area contributed by atoms with E-state index in [9.17, 15) is 14.4 Å². The van der Waals surface area contributed by atoms with Crippen LogP contribution in [0.5, 0.6) is 0 Å². The molecule has 0 N–H and O–H groups in total. The van der Waals surface area contributed by atoms with Crippen LogP contribution in [0.4, 0.5) is 0 Å². The summed E-state index contributed by atoms with van der Waals surface area (Å²) in [6.45, 7) is 0. The Labute approximate surface area is 110 Å². The molecule has 1 saturated heterocycles. The highest BCUT2D eigenvalue weighted by Gasteiger charge is 2.46. The summed E-state index contributed by atoms with van der Waals surface area (Å²) in [4.78, 5) is 34.2. The van der Waals surface area contributed by atoms with E-state index in [0.717, 1.165) is 0 Å². The third kappa shape index (κ3) is 2.52. The van der Waals surface area contributed by atoms with Gasteiger partial charge in [0.05, 0.1) is 26.1 Å². The maximum Gasteiger partial charge on any atom is 0.330 e. The minimum absolute atomic E-state index is 0.375. The molecule has 6 nitrogen and oxygen atoms in total. The Hall–Kier alpha value is -2.11. The monoisotopic (exact) mass is 266 g/mol. The number of hydrogen-bond acceptors (Lipinski definition) is 6. The molecule has 2 heterocycles. The van der Waals surface area contributed by atoms with Crippen LogP contribution >= 0.6 is 0 Å².